The van der Waals surface area contributed by atoms with Crippen LogP contribution in [-0.2, 0) is 4.79 Å². The van der Waals surface area contributed by atoms with E-state index in [1.165, 1.54) is 0 Å². The van der Waals surface area contributed by atoms with Crippen molar-refractivity contribution in [2.75, 3.05) is 11.4 Å². The lowest BCUT2D eigenvalue weighted by molar-refractivity contribution is -0.118. The van der Waals surface area contributed by atoms with Gasteiger partial charge in [0.15, 0.2) is 0 Å². The first-order chi connectivity index (χ1) is 8.15. The number of hydrogen-bond acceptors (Lipinski definition) is 2. The fourth-order valence-electron chi connectivity index (χ4n) is 1.69. The monoisotopic (exact) mass is 233 g/mol. The van der Waals surface area contributed by atoms with Gasteiger partial charge in [-0.3, -0.25) is 4.79 Å². The minimum Gasteiger partial charge on any atom is -0.513 e. The summed E-state index contributed by atoms with van der Waals surface area (Å²) in [6, 6.07) is 9.61. The summed E-state index contributed by atoms with van der Waals surface area (Å²) in [5, 5.41) is 8.96. The number of carbonyl (C=O) groups excluding carboxylic acids is 1. The first-order valence-corrected chi connectivity index (χ1v) is 5.87. The summed E-state index contributed by atoms with van der Waals surface area (Å²) in [5.74, 6) is 0.223. The third-order valence-corrected chi connectivity index (χ3v) is 2.54. The van der Waals surface area contributed by atoms with Crippen molar-refractivity contribution in [1.29, 1.82) is 0 Å². The van der Waals surface area contributed by atoms with E-state index >= 15 is 0 Å². The maximum Gasteiger partial charge on any atom is 0.226 e. The molecule has 0 fully saturated rings. The number of carbonyl (C=O) groups is 1. The molecular weight excluding hydrogens is 214 g/mol. The molecule has 0 saturated carbocycles. The first kappa shape index (κ1) is 13.3. The van der Waals surface area contributed by atoms with E-state index in [-0.39, 0.29) is 11.7 Å². The number of rotatable bonds is 6. The Balaban J connectivity index is 2.56. The van der Waals surface area contributed by atoms with Crippen LogP contribution in [0.2, 0.25) is 0 Å². The van der Waals surface area contributed by atoms with Gasteiger partial charge < -0.3 is 10.0 Å². The molecule has 0 aromatic heterocycles. The van der Waals surface area contributed by atoms with E-state index in [1.54, 1.807) is 4.90 Å². The molecule has 1 N–H and O–H groups in total. The lowest BCUT2D eigenvalue weighted by atomic mass is 10.2. The first-order valence-electron chi connectivity index (χ1n) is 5.87. The molecule has 1 amide bonds. The average molecular weight is 233 g/mol. The number of anilines is 1. The summed E-state index contributed by atoms with van der Waals surface area (Å²) in [6.07, 6.45) is 1.55. The molecule has 0 aliphatic carbocycles. The number of aliphatic hydroxyl groups is 1. The second kappa shape index (κ2) is 6.74. The Bertz CT molecular complexity index is 373. The molecule has 3 nitrogen and oxygen atoms in total. The molecule has 1 rings (SSSR count). The molecule has 0 aliphatic rings. The smallest absolute Gasteiger partial charge is 0.226 e. The molecule has 1 aromatic carbocycles. The van der Waals surface area contributed by atoms with Gasteiger partial charge in [-0.15, -0.1) is 0 Å². The predicted octanol–water partition coefficient (Wildman–Crippen LogP) is 3.28. The van der Waals surface area contributed by atoms with E-state index in [1.807, 2.05) is 37.3 Å². The third kappa shape index (κ3) is 4.31. The van der Waals surface area contributed by atoms with Gasteiger partial charge in [-0.2, -0.15) is 0 Å². The molecule has 3 heteroatoms. The maximum absolute atomic E-state index is 12.0. The van der Waals surface area contributed by atoms with Crippen LogP contribution in [0.15, 0.2) is 42.7 Å². The van der Waals surface area contributed by atoms with Crippen LogP contribution >= 0.6 is 0 Å². The third-order valence-electron chi connectivity index (χ3n) is 2.54. The number of allylic oxidation sites excluding steroid dienone is 1. The van der Waals surface area contributed by atoms with Gasteiger partial charge in [-0.25, -0.2) is 0 Å². The highest BCUT2D eigenvalue weighted by atomic mass is 16.3. The van der Waals surface area contributed by atoms with Crippen LogP contribution in [0.1, 0.15) is 26.2 Å². The molecule has 17 heavy (non-hydrogen) atoms. The minimum atomic E-state index is 0.0833. The van der Waals surface area contributed by atoms with Crippen molar-refractivity contribution in [2.45, 2.75) is 26.2 Å². The Morgan fingerprint density at radius 1 is 1.29 bits per heavy atom. The standard InChI is InChI=1S/C14H19NO2/c1-3-15(13-9-5-4-6-10-13)14(17)11-7-8-12(2)16/h4-6,9-10,16H,2-3,7-8,11H2,1H3. The highest BCUT2D eigenvalue weighted by Gasteiger charge is 2.12. The summed E-state index contributed by atoms with van der Waals surface area (Å²) in [5.41, 5.74) is 0.919. The van der Waals surface area contributed by atoms with Gasteiger partial charge in [-0.1, -0.05) is 24.8 Å². The number of aliphatic hydroxyl groups excluding tert-OH is 1. The number of hydrogen-bond donors (Lipinski definition) is 1. The summed E-state index contributed by atoms with van der Waals surface area (Å²) >= 11 is 0. The fraction of sp³-hybridized carbons (Fsp3) is 0.357. The Morgan fingerprint density at radius 2 is 1.94 bits per heavy atom. The Kier molecular flexibility index (Phi) is 5.27. The molecule has 0 heterocycles. The van der Waals surface area contributed by atoms with E-state index in [0.717, 1.165) is 5.69 Å². The number of nitrogens with zero attached hydrogens (tertiary/aromatic N) is 1. The molecule has 0 radical (unpaired) electrons. The Labute approximate surface area is 102 Å². The van der Waals surface area contributed by atoms with Crippen LogP contribution in [0, 0.1) is 0 Å². The van der Waals surface area contributed by atoms with Crippen molar-refractivity contribution in [3.05, 3.63) is 42.7 Å². The average Bonchev–Trinajstić information content (AvgIpc) is 2.31. The minimum absolute atomic E-state index is 0.0833. The summed E-state index contributed by atoms with van der Waals surface area (Å²) in [7, 11) is 0. The Morgan fingerprint density at radius 3 is 2.47 bits per heavy atom. The van der Waals surface area contributed by atoms with E-state index in [0.29, 0.717) is 25.8 Å². The normalized spacial score (nSPS) is 9.94. The highest BCUT2D eigenvalue weighted by molar-refractivity contribution is 5.93. The van der Waals surface area contributed by atoms with Crippen molar-refractivity contribution in [2.24, 2.45) is 0 Å². The van der Waals surface area contributed by atoms with Gasteiger partial charge in [0.1, 0.15) is 0 Å². The van der Waals surface area contributed by atoms with E-state index in [2.05, 4.69) is 6.58 Å². The predicted molar refractivity (Wildman–Crippen MR) is 70.1 cm³/mol. The SMILES string of the molecule is C=C(O)CCCC(=O)N(CC)c1ccccc1. The van der Waals surface area contributed by atoms with Crippen molar-refractivity contribution < 1.29 is 9.90 Å². The lowest BCUT2D eigenvalue weighted by Crippen LogP contribution is -2.30. The molecule has 0 spiro atoms. The zero-order valence-corrected chi connectivity index (χ0v) is 10.2. The van der Waals surface area contributed by atoms with Crippen molar-refractivity contribution in [3.63, 3.8) is 0 Å². The highest BCUT2D eigenvalue weighted by Crippen LogP contribution is 2.15. The number of benzene rings is 1. The van der Waals surface area contributed by atoms with Gasteiger partial charge in [0, 0.05) is 25.1 Å². The van der Waals surface area contributed by atoms with Gasteiger partial charge in [-0.05, 0) is 25.5 Å². The van der Waals surface area contributed by atoms with E-state index < -0.39 is 0 Å². The second-order valence-corrected chi connectivity index (χ2v) is 3.89. The van der Waals surface area contributed by atoms with Crippen LogP contribution in [0.4, 0.5) is 5.69 Å². The zero-order chi connectivity index (χ0) is 12.7. The van der Waals surface area contributed by atoms with Crippen LogP contribution in [0.3, 0.4) is 0 Å². The zero-order valence-electron chi connectivity index (χ0n) is 10.2. The molecule has 0 atom stereocenters. The van der Waals surface area contributed by atoms with Crippen molar-refractivity contribution >= 4 is 11.6 Å². The maximum atomic E-state index is 12.0. The molecule has 0 unspecified atom stereocenters. The molecule has 1 aromatic rings. The van der Waals surface area contributed by atoms with Gasteiger partial charge in [0.25, 0.3) is 0 Å². The van der Waals surface area contributed by atoms with Crippen LogP contribution < -0.4 is 4.90 Å². The largest absolute Gasteiger partial charge is 0.513 e. The number of amides is 1. The molecule has 0 saturated heterocycles. The quantitative estimate of drug-likeness (QED) is 0.766. The lowest BCUT2D eigenvalue weighted by Gasteiger charge is -2.20. The van der Waals surface area contributed by atoms with Crippen LogP contribution in [0.25, 0.3) is 0 Å². The van der Waals surface area contributed by atoms with E-state index in [9.17, 15) is 4.79 Å². The number of para-hydroxylation sites is 1. The van der Waals surface area contributed by atoms with Crippen LogP contribution in [-0.4, -0.2) is 17.6 Å². The summed E-state index contributed by atoms with van der Waals surface area (Å²) in [6.45, 7) is 6.02. The molecule has 0 bridgehead atoms. The summed E-state index contributed by atoms with van der Waals surface area (Å²) < 4.78 is 0. The van der Waals surface area contributed by atoms with Gasteiger partial charge in [0.05, 0.1) is 5.76 Å². The summed E-state index contributed by atoms with van der Waals surface area (Å²) in [4.78, 5) is 13.7. The molecular formula is C14H19NO2. The van der Waals surface area contributed by atoms with E-state index in [4.69, 9.17) is 5.11 Å². The van der Waals surface area contributed by atoms with Gasteiger partial charge in [0.2, 0.25) is 5.91 Å². The van der Waals surface area contributed by atoms with Crippen molar-refractivity contribution in [1.82, 2.24) is 0 Å². The van der Waals surface area contributed by atoms with Crippen LogP contribution in [0.5, 0.6) is 0 Å². The second-order valence-electron chi connectivity index (χ2n) is 3.89. The molecule has 92 valence electrons. The van der Waals surface area contributed by atoms with Gasteiger partial charge >= 0.3 is 0 Å². The Hall–Kier alpha value is -1.77. The topological polar surface area (TPSA) is 40.5 Å². The fourth-order valence-corrected chi connectivity index (χ4v) is 1.69. The van der Waals surface area contributed by atoms with Crippen molar-refractivity contribution in [3.8, 4) is 0 Å². The molecule has 0 aliphatic heterocycles.